The van der Waals surface area contributed by atoms with Crippen LogP contribution in [-0.2, 0) is 13.6 Å². The molecule has 3 heterocycles. The summed E-state index contributed by atoms with van der Waals surface area (Å²) in [6, 6.07) is 9.84. The van der Waals surface area contributed by atoms with E-state index in [1.54, 1.807) is 24.3 Å². The van der Waals surface area contributed by atoms with E-state index in [4.69, 9.17) is 0 Å². The van der Waals surface area contributed by atoms with Crippen molar-refractivity contribution in [3.8, 4) is 11.4 Å². The number of fused-ring (bicyclic) bond motifs is 1. The minimum atomic E-state index is -1.06. The zero-order valence-electron chi connectivity index (χ0n) is 21.9. The van der Waals surface area contributed by atoms with Gasteiger partial charge in [0.05, 0.1) is 6.54 Å². The van der Waals surface area contributed by atoms with Crippen LogP contribution in [0.15, 0.2) is 52.1 Å². The molecule has 40 heavy (non-hydrogen) atoms. The van der Waals surface area contributed by atoms with Crippen molar-refractivity contribution >= 4 is 17.1 Å². The number of nitrogens with zero attached hydrogens (tertiary/aromatic N) is 6. The Morgan fingerprint density at radius 3 is 2.50 bits per heavy atom. The van der Waals surface area contributed by atoms with E-state index >= 15 is 0 Å². The summed E-state index contributed by atoms with van der Waals surface area (Å²) in [5.74, 6) is -2.13. The standard InChI is InChI=1S/C27H28F2N8O3/c1-35-26(39)22-24(37(27(35)40)16-17-3-8-20(28)21(29)15-17)34-33-23(32-22)18-4-6-19(7-5-18)25(38)31-9-2-12-36-13-10-30-11-14-36/h3-8,15,30H,2,9-14,16H2,1H3,(H,31,38). The van der Waals surface area contributed by atoms with Gasteiger partial charge in [0.25, 0.3) is 11.5 Å². The molecular formula is C27H28F2N8O3. The summed E-state index contributed by atoms with van der Waals surface area (Å²) in [5, 5.41) is 14.4. The van der Waals surface area contributed by atoms with Gasteiger partial charge in [0.1, 0.15) is 0 Å². The van der Waals surface area contributed by atoms with Crippen LogP contribution >= 0.6 is 0 Å². The van der Waals surface area contributed by atoms with Crippen LogP contribution in [0.4, 0.5) is 8.78 Å². The molecule has 5 rings (SSSR count). The fraction of sp³-hybridized carbons (Fsp3) is 0.333. The summed E-state index contributed by atoms with van der Waals surface area (Å²) >= 11 is 0. The van der Waals surface area contributed by atoms with Gasteiger partial charge in [-0.25, -0.2) is 18.6 Å². The lowest BCUT2D eigenvalue weighted by Crippen LogP contribution is -2.44. The number of benzene rings is 2. The maximum absolute atomic E-state index is 13.7. The SMILES string of the molecule is Cn1c(=O)c2nc(-c3ccc(C(=O)NCCCN4CCNCC4)cc3)nnc2n(Cc2ccc(F)c(F)c2)c1=O. The quantitative estimate of drug-likeness (QED) is 0.310. The third kappa shape index (κ3) is 5.80. The van der Waals surface area contributed by atoms with E-state index in [2.05, 4.69) is 30.7 Å². The first kappa shape index (κ1) is 27.2. The van der Waals surface area contributed by atoms with Gasteiger partial charge in [-0.2, -0.15) is 0 Å². The monoisotopic (exact) mass is 550 g/mol. The Kier molecular flexibility index (Phi) is 8.03. The maximum Gasteiger partial charge on any atom is 0.332 e. The van der Waals surface area contributed by atoms with E-state index in [1.165, 1.54) is 13.1 Å². The van der Waals surface area contributed by atoms with Gasteiger partial charge in [0, 0.05) is 50.9 Å². The Labute approximate surface area is 227 Å². The second-order valence-electron chi connectivity index (χ2n) is 9.57. The van der Waals surface area contributed by atoms with Gasteiger partial charge in [-0.1, -0.05) is 18.2 Å². The fourth-order valence-corrected chi connectivity index (χ4v) is 4.56. The summed E-state index contributed by atoms with van der Waals surface area (Å²) in [6.45, 7) is 5.33. The number of amides is 1. The molecule has 0 unspecified atom stereocenters. The zero-order chi connectivity index (χ0) is 28.2. The number of hydrogen-bond acceptors (Lipinski definition) is 8. The van der Waals surface area contributed by atoms with Crippen LogP contribution < -0.4 is 21.9 Å². The van der Waals surface area contributed by atoms with Crippen molar-refractivity contribution in [2.75, 3.05) is 39.3 Å². The summed E-state index contributed by atoms with van der Waals surface area (Å²) in [6.07, 6.45) is 0.858. The van der Waals surface area contributed by atoms with Crippen molar-refractivity contribution in [1.82, 2.24) is 39.8 Å². The molecule has 1 saturated heterocycles. The lowest BCUT2D eigenvalue weighted by atomic mass is 10.1. The Balaban J connectivity index is 1.33. The first-order valence-electron chi connectivity index (χ1n) is 12.9. The van der Waals surface area contributed by atoms with Crippen LogP contribution in [0, 0.1) is 11.6 Å². The molecule has 0 saturated carbocycles. The van der Waals surface area contributed by atoms with Crippen molar-refractivity contribution < 1.29 is 13.6 Å². The molecule has 0 atom stereocenters. The Morgan fingerprint density at radius 2 is 1.77 bits per heavy atom. The number of nitrogens with one attached hydrogen (secondary N) is 2. The molecule has 0 radical (unpaired) electrons. The van der Waals surface area contributed by atoms with E-state index in [-0.39, 0.29) is 29.4 Å². The molecule has 208 valence electrons. The minimum absolute atomic E-state index is 0.0848. The number of carbonyl (C=O) groups excluding carboxylic acids is 1. The average Bonchev–Trinajstić information content (AvgIpc) is 2.98. The van der Waals surface area contributed by atoms with Gasteiger partial charge in [-0.15, -0.1) is 10.2 Å². The number of carbonyl (C=O) groups is 1. The molecule has 1 fully saturated rings. The minimum Gasteiger partial charge on any atom is -0.352 e. The van der Waals surface area contributed by atoms with Gasteiger partial charge in [-0.3, -0.25) is 18.7 Å². The molecule has 1 aliphatic heterocycles. The topological polar surface area (TPSA) is 127 Å². The predicted octanol–water partition coefficient (Wildman–Crippen LogP) is 0.904. The third-order valence-corrected chi connectivity index (χ3v) is 6.83. The fourth-order valence-electron chi connectivity index (χ4n) is 4.56. The van der Waals surface area contributed by atoms with Crippen molar-refractivity contribution in [2.45, 2.75) is 13.0 Å². The number of aromatic nitrogens is 5. The Hall–Kier alpha value is -4.36. The first-order valence-corrected chi connectivity index (χ1v) is 12.9. The summed E-state index contributed by atoms with van der Waals surface area (Å²) in [7, 11) is 1.30. The van der Waals surface area contributed by atoms with Crippen LogP contribution in [0.25, 0.3) is 22.6 Å². The molecule has 2 N–H and O–H groups in total. The zero-order valence-corrected chi connectivity index (χ0v) is 21.9. The Morgan fingerprint density at radius 1 is 1.02 bits per heavy atom. The average molecular weight is 551 g/mol. The molecule has 11 nitrogen and oxygen atoms in total. The van der Waals surface area contributed by atoms with Crippen LogP contribution in [0.2, 0.25) is 0 Å². The predicted molar refractivity (Wildman–Crippen MR) is 144 cm³/mol. The summed E-state index contributed by atoms with van der Waals surface area (Å²) < 4.78 is 29.1. The second kappa shape index (κ2) is 11.8. The molecule has 2 aromatic carbocycles. The lowest BCUT2D eigenvalue weighted by Gasteiger charge is -2.27. The van der Waals surface area contributed by atoms with Gasteiger partial charge >= 0.3 is 5.69 Å². The van der Waals surface area contributed by atoms with Gasteiger partial charge in [-0.05, 0) is 42.8 Å². The molecule has 2 aromatic heterocycles. The highest BCUT2D eigenvalue weighted by Gasteiger charge is 2.17. The van der Waals surface area contributed by atoms with Gasteiger partial charge in [0.15, 0.2) is 28.6 Å². The van der Waals surface area contributed by atoms with Crippen LogP contribution in [0.5, 0.6) is 0 Å². The number of rotatable bonds is 8. The molecule has 0 bridgehead atoms. The molecule has 0 spiro atoms. The van der Waals surface area contributed by atoms with E-state index in [1.807, 2.05) is 0 Å². The third-order valence-electron chi connectivity index (χ3n) is 6.83. The lowest BCUT2D eigenvalue weighted by molar-refractivity contribution is 0.0951. The molecule has 1 amide bonds. The highest BCUT2D eigenvalue weighted by Crippen LogP contribution is 2.17. The first-order chi connectivity index (χ1) is 19.3. The highest BCUT2D eigenvalue weighted by molar-refractivity contribution is 5.94. The molecule has 4 aromatic rings. The summed E-state index contributed by atoms with van der Waals surface area (Å²) in [4.78, 5) is 44.9. The molecular weight excluding hydrogens is 522 g/mol. The van der Waals surface area contributed by atoms with E-state index < -0.39 is 22.9 Å². The Bertz CT molecular complexity index is 1660. The smallest absolute Gasteiger partial charge is 0.332 e. The largest absolute Gasteiger partial charge is 0.352 e. The highest BCUT2D eigenvalue weighted by atomic mass is 19.2. The number of piperazine rings is 1. The van der Waals surface area contributed by atoms with Gasteiger partial charge in [0.2, 0.25) is 0 Å². The van der Waals surface area contributed by atoms with Crippen LogP contribution in [-0.4, -0.2) is 74.4 Å². The maximum atomic E-state index is 13.7. The molecule has 13 heteroatoms. The van der Waals surface area contributed by atoms with Gasteiger partial charge < -0.3 is 15.5 Å². The molecule has 1 aliphatic rings. The van der Waals surface area contributed by atoms with E-state index in [0.29, 0.717) is 23.2 Å². The second-order valence-corrected chi connectivity index (χ2v) is 9.57. The van der Waals surface area contributed by atoms with Crippen LogP contribution in [0.3, 0.4) is 0 Å². The van der Waals surface area contributed by atoms with E-state index in [9.17, 15) is 23.2 Å². The number of halogens is 2. The van der Waals surface area contributed by atoms with E-state index in [0.717, 1.165) is 60.4 Å². The molecule has 0 aliphatic carbocycles. The van der Waals surface area contributed by atoms with Crippen molar-refractivity contribution in [3.05, 3.63) is 86.1 Å². The van der Waals surface area contributed by atoms with Crippen LogP contribution in [0.1, 0.15) is 22.3 Å². The van der Waals surface area contributed by atoms with Crippen molar-refractivity contribution in [2.24, 2.45) is 7.05 Å². The normalized spacial score (nSPS) is 14.0. The summed E-state index contributed by atoms with van der Waals surface area (Å²) in [5.41, 5.74) is -0.284. The van der Waals surface area contributed by atoms with Crippen molar-refractivity contribution in [1.29, 1.82) is 0 Å². The van der Waals surface area contributed by atoms with Crippen molar-refractivity contribution in [3.63, 3.8) is 0 Å². The number of hydrogen-bond donors (Lipinski definition) is 2.